The summed E-state index contributed by atoms with van der Waals surface area (Å²) in [5, 5.41) is 88.0. The first-order valence-electron chi connectivity index (χ1n) is 17.3. The second-order valence-corrected chi connectivity index (χ2v) is 17.1. The lowest BCUT2D eigenvalue weighted by atomic mass is 9.44. The molecular weight excluding hydrogens is 600 g/mol. The minimum Gasteiger partial charge on any atom is -0.394 e. The van der Waals surface area contributed by atoms with Gasteiger partial charge in [0.15, 0.2) is 12.6 Å². The van der Waals surface area contributed by atoms with Gasteiger partial charge in [-0.3, -0.25) is 4.79 Å². The molecule has 2 saturated heterocycles. The molecule has 1 spiro atoms. The Balaban J connectivity index is 1.14. The Morgan fingerprint density at radius 3 is 2.26 bits per heavy atom. The molecule has 8 N–H and O–H groups in total. The summed E-state index contributed by atoms with van der Waals surface area (Å²) >= 11 is 0. The normalized spacial score (nSPS) is 61.8. The average molecular weight is 655 g/mol. The van der Waals surface area contributed by atoms with E-state index < -0.39 is 89.4 Å². The molecule has 5 saturated carbocycles. The van der Waals surface area contributed by atoms with Gasteiger partial charge in [-0.25, -0.2) is 0 Å². The highest BCUT2D eigenvalue weighted by atomic mass is 16.8. The van der Waals surface area contributed by atoms with Crippen LogP contribution in [0.4, 0.5) is 0 Å². The lowest BCUT2D eigenvalue weighted by Crippen LogP contribution is -2.69. The summed E-state index contributed by atoms with van der Waals surface area (Å²) in [6, 6.07) is 0. The largest absolute Gasteiger partial charge is 0.394 e. The van der Waals surface area contributed by atoms with Crippen LogP contribution in [-0.2, 0) is 19.0 Å². The van der Waals surface area contributed by atoms with Gasteiger partial charge in [0.2, 0.25) is 0 Å². The van der Waals surface area contributed by atoms with Crippen molar-refractivity contribution >= 4 is 5.78 Å². The van der Waals surface area contributed by atoms with E-state index in [1.54, 1.807) is 0 Å². The van der Waals surface area contributed by atoms with E-state index >= 15 is 0 Å². The van der Waals surface area contributed by atoms with E-state index in [0.29, 0.717) is 31.6 Å². The van der Waals surface area contributed by atoms with Crippen LogP contribution in [0.1, 0.15) is 86.0 Å². The van der Waals surface area contributed by atoms with Crippen molar-refractivity contribution in [1.82, 2.24) is 0 Å². The van der Waals surface area contributed by atoms with Crippen molar-refractivity contribution in [2.24, 2.45) is 45.8 Å². The lowest BCUT2D eigenvalue weighted by molar-refractivity contribution is -0.400. The molecule has 7 fully saturated rings. The first kappa shape index (κ1) is 33.7. The Morgan fingerprint density at radius 2 is 1.59 bits per heavy atom. The number of aliphatic hydroxyl groups is 8. The van der Waals surface area contributed by atoms with E-state index in [1.807, 2.05) is 6.92 Å². The van der Waals surface area contributed by atoms with Crippen LogP contribution < -0.4 is 0 Å². The van der Waals surface area contributed by atoms with Gasteiger partial charge >= 0.3 is 0 Å². The van der Waals surface area contributed by atoms with Gasteiger partial charge in [-0.2, -0.15) is 0 Å². The predicted molar refractivity (Wildman–Crippen MR) is 159 cm³/mol. The van der Waals surface area contributed by atoms with Crippen LogP contribution in [-0.4, -0.2) is 119 Å². The number of fused-ring (bicyclic) bond motifs is 4. The number of carbonyl (C=O) groups excluding carboxylic acids is 1. The molecule has 0 aromatic carbocycles. The Labute approximate surface area is 270 Å². The highest BCUT2D eigenvalue weighted by molar-refractivity contribution is 5.91. The Morgan fingerprint density at radius 1 is 0.913 bits per heavy atom. The summed E-state index contributed by atoms with van der Waals surface area (Å²) < 4.78 is 17.7. The van der Waals surface area contributed by atoms with Gasteiger partial charge in [0.25, 0.3) is 0 Å². The monoisotopic (exact) mass is 654 g/mol. The Hall–Kier alpha value is -0.770. The molecule has 7 aliphatic rings. The van der Waals surface area contributed by atoms with Gasteiger partial charge < -0.3 is 55.1 Å². The van der Waals surface area contributed by atoms with Crippen molar-refractivity contribution in [3.8, 4) is 0 Å². The third-order valence-corrected chi connectivity index (χ3v) is 15.5. The third kappa shape index (κ3) is 4.03. The molecule has 46 heavy (non-hydrogen) atoms. The summed E-state index contributed by atoms with van der Waals surface area (Å²) in [6.07, 6.45) is -5.96. The fourth-order valence-electron chi connectivity index (χ4n) is 12.1. The molecule has 262 valence electrons. The number of hydrogen-bond donors (Lipinski definition) is 8. The maximum absolute atomic E-state index is 13.5. The third-order valence-electron chi connectivity index (χ3n) is 15.5. The van der Waals surface area contributed by atoms with Crippen molar-refractivity contribution in [2.75, 3.05) is 6.61 Å². The molecule has 12 nitrogen and oxygen atoms in total. The minimum absolute atomic E-state index is 0.0278. The molecular formula is C34H54O12. The van der Waals surface area contributed by atoms with Crippen LogP contribution in [0.15, 0.2) is 0 Å². The van der Waals surface area contributed by atoms with Crippen molar-refractivity contribution in [1.29, 1.82) is 0 Å². The van der Waals surface area contributed by atoms with E-state index in [4.69, 9.17) is 14.2 Å². The second-order valence-electron chi connectivity index (χ2n) is 17.1. The molecule has 7 rings (SSSR count). The highest BCUT2D eigenvalue weighted by Gasteiger charge is 2.81. The van der Waals surface area contributed by atoms with Crippen LogP contribution in [0, 0.1) is 45.8 Å². The first-order chi connectivity index (χ1) is 21.3. The number of ketones is 1. The number of hydrogen-bond acceptors (Lipinski definition) is 12. The van der Waals surface area contributed by atoms with Crippen molar-refractivity contribution in [3.63, 3.8) is 0 Å². The molecule has 0 bridgehead atoms. The van der Waals surface area contributed by atoms with Crippen LogP contribution >= 0.6 is 0 Å². The number of ether oxygens (including phenoxy) is 3. The molecule has 0 amide bonds. The van der Waals surface area contributed by atoms with Crippen LogP contribution in [0.3, 0.4) is 0 Å². The SMILES string of the molecule is C[C@H]([C@H]1C[C@@](C)(O)[C@](C)(O)[C@H](O[C@@H]2O[C@H](CO)[C@@H](O)[C@H](O)[C@H]2O)O1)[C@@]1(O)CC[C@@H]2[C@@H]3C[C@@H](O)[C@]45C[C@H]4CC(=O)[C@]5(C)[C@H]3CC[C@@]21C. The predicted octanol–water partition coefficient (Wildman–Crippen LogP) is -0.0204. The molecule has 2 aliphatic heterocycles. The lowest BCUT2D eigenvalue weighted by Gasteiger charge is -2.61. The molecule has 0 unspecified atom stereocenters. The molecule has 0 aromatic heterocycles. The van der Waals surface area contributed by atoms with Crippen molar-refractivity contribution in [2.45, 2.75) is 152 Å². The van der Waals surface area contributed by atoms with Crippen molar-refractivity contribution in [3.05, 3.63) is 0 Å². The van der Waals surface area contributed by atoms with E-state index in [-0.39, 0.29) is 35.4 Å². The highest BCUT2D eigenvalue weighted by Crippen LogP contribution is 2.81. The smallest absolute Gasteiger partial charge is 0.192 e. The van der Waals surface area contributed by atoms with Gasteiger partial charge in [0, 0.05) is 29.6 Å². The van der Waals surface area contributed by atoms with Crippen molar-refractivity contribution < 1.29 is 59.9 Å². The second kappa shape index (κ2) is 10.4. The summed E-state index contributed by atoms with van der Waals surface area (Å²) in [7, 11) is 0. The van der Waals surface area contributed by atoms with E-state index in [2.05, 4.69) is 13.8 Å². The Kier molecular flexibility index (Phi) is 7.61. The molecule has 19 atom stereocenters. The van der Waals surface area contributed by atoms with Crippen LogP contribution in [0.25, 0.3) is 0 Å². The first-order valence-corrected chi connectivity index (χ1v) is 17.3. The van der Waals surface area contributed by atoms with Gasteiger partial charge in [-0.1, -0.05) is 20.8 Å². The molecule has 0 radical (unpaired) electrons. The molecule has 0 aromatic rings. The fourth-order valence-corrected chi connectivity index (χ4v) is 12.1. The maximum atomic E-state index is 13.5. The standard InChI is InChI=1S/C34H54O12/c1-15(20-13-30(3,41)32(5,42)28(45-20)46-27-26(40)25(39)24(38)21(14-35)44-27)34(43)9-7-18-17-11-23(37)33-12-16(33)10-22(36)31(33,4)19(17)6-8-29(18,34)2/h15-21,23-28,35,37-43H,6-14H2,1-5H3/t15-,16-,17+,18-,19+,20-,21-,23-,24-,25+,26-,27+,28+,29+,30-,31+,32-,33+,34+/m1/s1. The number of aliphatic hydroxyl groups excluding tert-OH is 5. The van der Waals surface area contributed by atoms with E-state index in [0.717, 1.165) is 19.3 Å². The number of Topliss-reactive ketones (excluding diaryl/α,β-unsaturated/α-hetero) is 1. The molecule has 5 aliphatic carbocycles. The number of carbonyl (C=O) groups is 1. The maximum Gasteiger partial charge on any atom is 0.192 e. The molecule has 12 heteroatoms. The van der Waals surface area contributed by atoms with Crippen LogP contribution in [0.5, 0.6) is 0 Å². The minimum atomic E-state index is -2.01. The zero-order valence-electron chi connectivity index (χ0n) is 27.6. The summed E-state index contributed by atoms with van der Waals surface area (Å²) in [5.74, 6) is 0.400. The van der Waals surface area contributed by atoms with Gasteiger partial charge in [0.1, 0.15) is 35.8 Å². The van der Waals surface area contributed by atoms with Gasteiger partial charge in [-0.05, 0) is 81.5 Å². The quantitative estimate of drug-likeness (QED) is 0.197. The van der Waals surface area contributed by atoms with Gasteiger partial charge in [0.05, 0.1) is 30.0 Å². The summed E-state index contributed by atoms with van der Waals surface area (Å²) in [6.45, 7) is 8.23. The zero-order chi connectivity index (χ0) is 33.6. The van der Waals surface area contributed by atoms with Crippen LogP contribution in [0.2, 0.25) is 0 Å². The zero-order valence-corrected chi connectivity index (χ0v) is 27.6. The Bertz CT molecular complexity index is 1240. The summed E-state index contributed by atoms with van der Waals surface area (Å²) in [4.78, 5) is 13.5. The van der Waals surface area contributed by atoms with E-state index in [9.17, 15) is 45.6 Å². The summed E-state index contributed by atoms with van der Waals surface area (Å²) in [5.41, 5.74) is -6.38. The van der Waals surface area contributed by atoms with E-state index in [1.165, 1.54) is 13.8 Å². The molecule has 2 heterocycles. The average Bonchev–Trinajstić information content (AvgIpc) is 3.57. The topological polar surface area (TPSA) is 207 Å². The van der Waals surface area contributed by atoms with Gasteiger partial charge in [-0.15, -0.1) is 0 Å². The fraction of sp³-hybridized carbons (Fsp3) is 0.971. The number of rotatable bonds is 5.